The van der Waals surface area contributed by atoms with Gasteiger partial charge in [-0.05, 0) is 23.8 Å². The highest BCUT2D eigenvalue weighted by molar-refractivity contribution is 7.13. The third-order valence-corrected chi connectivity index (χ3v) is 5.47. The molecule has 0 bridgehead atoms. The lowest BCUT2D eigenvalue weighted by Crippen LogP contribution is -2.46. The Balaban J connectivity index is 1.32. The molecule has 1 fully saturated rings. The zero-order valence-electron chi connectivity index (χ0n) is 14.9. The number of benzene rings is 1. The van der Waals surface area contributed by atoms with Gasteiger partial charge in [-0.1, -0.05) is 24.3 Å². The number of rotatable bonds is 5. The number of carbonyl (C=O) groups excluding carboxylic acids is 1. The third-order valence-electron chi connectivity index (χ3n) is 4.57. The Hall–Kier alpha value is -2.93. The summed E-state index contributed by atoms with van der Waals surface area (Å²) in [7, 11) is 0. The van der Waals surface area contributed by atoms with Crippen LogP contribution in [-0.4, -0.2) is 42.1 Å². The molecule has 6 nitrogen and oxygen atoms in total. The van der Waals surface area contributed by atoms with Crippen molar-refractivity contribution in [1.82, 2.24) is 15.3 Å². The van der Waals surface area contributed by atoms with Crippen LogP contribution in [0, 0.1) is 0 Å². The van der Waals surface area contributed by atoms with Gasteiger partial charge in [0.15, 0.2) is 5.13 Å². The van der Waals surface area contributed by atoms with Gasteiger partial charge in [-0.25, -0.2) is 4.98 Å². The van der Waals surface area contributed by atoms with E-state index in [0.717, 1.165) is 36.9 Å². The van der Waals surface area contributed by atoms with Crippen molar-refractivity contribution in [2.75, 3.05) is 36.0 Å². The second kappa shape index (κ2) is 8.18. The molecule has 4 rings (SSSR count). The largest absolute Gasteiger partial charge is 0.368 e. The highest BCUT2D eigenvalue weighted by atomic mass is 32.1. The fourth-order valence-electron chi connectivity index (χ4n) is 3.08. The molecule has 1 amide bonds. The van der Waals surface area contributed by atoms with Crippen LogP contribution in [0.4, 0.5) is 10.8 Å². The molecule has 1 aliphatic rings. The average Bonchev–Trinajstić information content (AvgIpc) is 3.24. The van der Waals surface area contributed by atoms with E-state index in [1.165, 1.54) is 17.0 Å². The number of anilines is 2. The van der Waals surface area contributed by atoms with Gasteiger partial charge in [-0.2, -0.15) is 0 Å². The summed E-state index contributed by atoms with van der Waals surface area (Å²) < 4.78 is 0. The first-order chi connectivity index (χ1) is 13.3. The summed E-state index contributed by atoms with van der Waals surface area (Å²) in [6.07, 6.45) is 3.47. The maximum Gasteiger partial charge on any atom is 0.271 e. The molecule has 0 aliphatic carbocycles. The number of pyridine rings is 1. The molecule has 1 saturated heterocycles. The van der Waals surface area contributed by atoms with Crippen LogP contribution in [0.2, 0.25) is 0 Å². The van der Waals surface area contributed by atoms with Crippen LogP contribution in [0.1, 0.15) is 16.1 Å². The maximum absolute atomic E-state index is 12.3. The zero-order chi connectivity index (χ0) is 18.5. The van der Waals surface area contributed by atoms with Crippen LogP contribution in [0.15, 0.2) is 60.2 Å². The van der Waals surface area contributed by atoms with Crippen LogP contribution in [0.3, 0.4) is 0 Å². The predicted molar refractivity (Wildman–Crippen MR) is 108 cm³/mol. The number of nitrogens with one attached hydrogen (secondary N) is 1. The minimum atomic E-state index is -0.149. The Morgan fingerprint density at radius 2 is 1.81 bits per heavy atom. The van der Waals surface area contributed by atoms with Gasteiger partial charge in [0, 0.05) is 56.2 Å². The molecule has 0 saturated carbocycles. The lowest BCUT2D eigenvalue weighted by Gasteiger charge is -2.35. The molecular formula is C20H21N5OS. The van der Waals surface area contributed by atoms with Gasteiger partial charge < -0.3 is 15.1 Å². The summed E-state index contributed by atoms with van der Waals surface area (Å²) in [5, 5.41) is 5.64. The first kappa shape index (κ1) is 17.5. The van der Waals surface area contributed by atoms with Crippen molar-refractivity contribution in [3.8, 4) is 0 Å². The maximum atomic E-state index is 12.3. The number of piperazine rings is 1. The second-order valence-electron chi connectivity index (χ2n) is 6.37. The number of amides is 1. The molecule has 2 aromatic heterocycles. The van der Waals surface area contributed by atoms with Crippen molar-refractivity contribution in [3.05, 3.63) is 71.5 Å². The summed E-state index contributed by atoms with van der Waals surface area (Å²) in [6.45, 7) is 4.16. The molecule has 138 valence electrons. The van der Waals surface area contributed by atoms with Gasteiger partial charge in [-0.3, -0.25) is 9.78 Å². The van der Waals surface area contributed by atoms with Crippen molar-refractivity contribution < 1.29 is 4.79 Å². The number of carbonyl (C=O) groups is 1. The lowest BCUT2D eigenvalue weighted by molar-refractivity contribution is 0.0946. The molecule has 3 aromatic rings. The van der Waals surface area contributed by atoms with Gasteiger partial charge in [0.05, 0.1) is 0 Å². The minimum Gasteiger partial charge on any atom is -0.368 e. The van der Waals surface area contributed by atoms with Gasteiger partial charge in [0.2, 0.25) is 0 Å². The summed E-state index contributed by atoms with van der Waals surface area (Å²) in [5.74, 6) is -0.149. The number of nitrogens with zero attached hydrogens (tertiary/aromatic N) is 4. The van der Waals surface area contributed by atoms with Crippen LogP contribution in [0.25, 0.3) is 0 Å². The zero-order valence-corrected chi connectivity index (χ0v) is 15.7. The van der Waals surface area contributed by atoms with E-state index in [0.29, 0.717) is 12.2 Å². The summed E-state index contributed by atoms with van der Waals surface area (Å²) in [6, 6.07) is 14.3. The first-order valence-corrected chi connectivity index (χ1v) is 9.85. The minimum absolute atomic E-state index is 0.149. The van der Waals surface area contributed by atoms with E-state index in [-0.39, 0.29) is 5.91 Å². The normalized spacial score (nSPS) is 14.2. The van der Waals surface area contributed by atoms with E-state index in [4.69, 9.17) is 0 Å². The topological polar surface area (TPSA) is 61.4 Å². The van der Waals surface area contributed by atoms with E-state index in [1.54, 1.807) is 12.4 Å². The van der Waals surface area contributed by atoms with Crippen LogP contribution >= 0.6 is 11.3 Å². The fourth-order valence-corrected chi connectivity index (χ4v) is 3.94. The van der Waals surface area contributed by atoms with Crippen molar-refractivity contribution >= 4 is 28.1 Å². The third kappa shape index (κ3) is 4.25. The number of thiazole rings is 1. The summed E-state index contributed by atoms with van der Waals surface area (Å²) >= 11 is 1.53. The van der Waals surface area contributed by atoms with Crippen molar-refractivity contribution in [2.24, 2.45) is 0 Å². The molecule has 0 atom stereocenters. The van der Waals surface area contributed by atoms with E-state index < -0.39 is 0 Å². The van der Waals surface area contributed by atoms with Crippen LogP contribution in [-0.2, 0) is 6.54 Å². The molecule has 3 heterocycles. The molecular weight excluding hydrogens is 358 g/mol. The number of hydrogen-bond donors (Lipinski definition) is 1. The molecule has 1 aliphatic heterocycles. The Kier molecular flexibility index (Phi) is 5.29. The highest BCUT2D eigenvalue weighted by Crippen LogP contribution is 2.23. The molecule has 0 radical (unpaired) electrons. The van der Waals surface area contributed by atoms with Gasteiger partial charge in [-0.15, -0.1) is 11.3 Å². The van der Waals surface area contributed by atoms with E-state index in [9.17, 15) is 4.79 Å². The Labute approximate surface area is 162 Å². The molecule has 27 heavy (non-hydrogen) atoms. The molecule has 1 N–H and O–H groups in total. The van der Waals surface area contributed by atoms with Gasteiger partial charge in [0.1, 0.15) is 5.69 Å². The summed E-state index contributed by atoms with van der Waals surface area (Å²) in [5.41, 5.74) is 2.70. The Morgan fingerprint density at radius 3 is 2.56 bits per heavy atom. The van der Waals surface area contributed by atoms with Crippen LogP contribution < -0.4 is 15.1 Å². The molecule has 0 unspecified atom stereocenters. The average molecular weight is 379 g/mol. The molecule has 0 spiro atoms. The van der Waals surface area contributed by atoms with Gasteiger partial charge in [0.25, 0.3) is 5.91 Å². The highest BCUT2D eigenvalue weighted by Gasteiger charge is 2.20. The Bertz CT molecular complexity index is 876. The smallest absolute Gasteiger partial charge is 0.271 e. The standard InChI is InChI=1S/C20H21N5OS/c26-19(22-14-16-5-4-8-21-13-16)18-15-27-20(23-18)25-11-9-24(10-12-25)17-6-2-1-3-7-17/h1-8,13,15H,9-12,14H2,(H,22,26). The van der Waals surface area contributed by atoms with E-state index in [2.05, 4.69) is 49.4 Å². The lowest BCUT2D eigenvalue weighted by atomic mass is 10.2. The number of hydrogen-bond acceptors (Lipinski definition) is 6. The summed E-state index contributed by atoms with van der Waals surface area (Å²) in [4.78, 5) is 25.6. The first-order valence-electron chi connectivity index (χ1n) is 8.97. The van der Waals surface area contributed by atoms with Crippen molar-refractivity contribution in [1.29, 1.82) is 0 Å². The van der Waals surface area contributed by atoms with E-state index in [1.807, 2.05) is 23.6 Å². The Morgan fingerprint density at radius 1 is 1.04 bits per heavy atom. The van der Waals surface area contributed by atoms with Crippen LogP contribution in [0.5, 0.6) is 0 Å². The fraction of sp³-hybridized carbons (Fsp3) is 0.250. The number of aromatic nitrogens is 2. The predicted octanol–water partition coefficient (Wildman–Crippen LogP) is 2.79. The van der Waals surface area contributed by atoms with Gasteiger partial charge >= 0.3 is 0 Å². The SMILES string of the molecule is O=C(NCc1cccnc1)c1csc(N2CCN(c3ccccc3)CC2)n1. The van der Waals surface area contributed by atoms with Crippen molar-refractivity contribution in [2.45, 2.75) is 6.54 Å². The van der Waals surface area contributed by atoms with Crippen molar-refractivity contribution in [3.63, 3.8) is 0 Å². The number of para-hydroxylation sites is 1. The molecule has 1 aromatic carbocycles. The quantitative estimate of drug-likeness (QED) is 0.739. The van der Waals surface area contributed by atoms with E-state index >= 15 is 0 Å². The molecule has 7 heteroatoms. The monoisotopic (exact) mass is 379 g/mol. The second-order valence-corrected chi connectivity index (χ2v) is 7.21.